The zero-order chi connectivity index (χ0) is 14.5. The number of aromatic carboxylic acids is 1. The van der Waals surface area contributed by atoms with Gasteiger partial charge in [-0.05, 0) is 24.6 Å². The van der Waals surface area contributed by atoms with Gasteiger partial charge in [-0.15, -0.1) is 0 Å². The van der Waals surface area contributed by atoms with E-state index in [1.807, 2.05) is 6.92 Å². The molecule has 0 unspecified atom stereocenters. The molecule has 106 valence electrons. The molecule has 0 saturated heterocycles. The SMILES string of the molecule is CCCc1noc(COc2ccc(Br)cc2C(=O)O)n1. The minimum absolute atomic E-state index is 0.0403. The fourth-order valence-electron chi connectivity index (χ4n) is 1.61. The van der Waals surface area contributed by atoms with Gasteiger partial charge in [0.25, 0.3) is 5.89 Å². The molecule has 0 fully saturated rings. The third kappa shape index (κ3) is 3.57. The maximum atomic E-state index is 11.1. The average molecular weight is 341 g/mol. The van der Waals surface area contributed by atoms with Gasteiger partial charge in [-0.2, -0.15) is 4.98 Å². The summed E-state index contributed by atoms with van der Waals surface area (Å²) >= 11 is 3.22. The van der Waals surface area contributed by atoms with Crippen LogP contribution >= 0.6 is 15.9 Å². The Balaban J connectivity index is 2.08. The van der Waals surface area contributed by atoms with Crippen LogP contribution in [-0.2, 0) is 13.0 Å². The summed E-state index contributed by atoms with van der Waals surface area (Å²) in [6.07, 6.45) is 1.66. The molecule has 0 aliphatic rings. The first-order valence-corrected chi connectivity index (χ1v) is 6.86. The standard InChI is InChI=1S/C13H13BrN2O4/c1-2-3-11-15-12(20-16-11)7-19-10-5-4-8(14)6-9(10)13(17)18/h4-6H,2-3,7H2,1H3,(H,17,18). The van der Waals surface area contributed by atoms with E-state index >= 15 is 0 Å². The van der Waals surface area contributed by atoms with E-state index in [9.17, 15) is 4.79 Å². The normalized spacial score (nSPS) is 10.5. The molecular formula is C13H13BrN2O4. The summed E-state index contributed by atoms with van der Waals surface area (Å²) in [6.45, 7) is 2.06. The number of carbonyl (C=O) groups is 1. The number of aryl methyl sites for hydroxylation is 1. The molecule has 0 saturated carbocycles. The Bertz CT molecular complexity index is 612. The topological polar surface area (TPSA) is 85.5 Å². The number of hydrogen-bond donors (Lipinski definition) is 1. The highest BCUT2D eigenvalue weighted by Crippen LogP contribution is 2.24. The largest absolute Gasteiger partial charge is 0.483 e. The number of carboxylic acid groups (broad SMARTS) is 1. The zero-order valence-electron chi connectivity index (χ0n) is 10.8. The van der Waals surface area contributed by atoms with E-state index in [2.05, 4.69) is 26.1 Å². The number of rotatable bonds is 6. The minimum Gasteiger partial charge on any atom is -0.483 e. The van der Waals surface area contributed by atoms with E-state index in [0.29, 0.717) is 16.2 Å². The second kappa shape index (κ2) is 6.51. The molecule has 6 nitrogen and oxygen atoms in total. The van der Waals surface area contributed by atoms with Crippen LogP contribution in [0.25, 0.3) is 0 Å². The molecule has 0 bridgehead atoms. The van der Waals surface area contributed by atoms with Crippen LogP contribution in [0.5, 0.6) is 5.75 Å². The molecule has 7 heteroatoms. The highest BCUT2D eigenvalue weighted by atomic mass is 79.9. The lowest BCUT2D eigenvalue weighted by molar-refractivity contribution is 0.0691. The summed E-state index contributed by atoms with van der Waals surface area (Å²) in [5.74, 6) is 0.155. The number of nitrogens with zero attached hydrogens (tertiary/aromatic N) is 2. The highest BCUT2D eigenvalue weighted by molar-refractivity contribution is 9.10. The van der Waals surface area contributed by atoms with E-state index in [4.69, 9.17) is 14.4 Å². The fraction of sp³-hybridized carbons (Fsp3) is 0.308. The maximum Gasteiger partial charge on any atom is 0.339 e. The molecule has 2 aromatic rings. The van der Waals surface area contributed by atoms with Crippen molar-refractivity contribution >= 4 is 21.9 Å². The Morgan fingerprint density at radius 2 is 2.30 bits per heavy atom. The van der Waals surface area contributed by atoms with Gasteiger partial charge in [0.2, 0.25) is 0 Å². The predicted molar refractivity (Wildman–Crippen MR) is 73.7 cm³/mol. The first kappa shape index (κ1) is 14.5. The first-order chi connectivity index (χ1) is 9.60. The molecular weight excluding hydrogens is 328 g/mol. The van der Waals surface area contributed by atoms with Crippen molar-refractivity contribution in [3.8, 4) is 5.75 Å². The third-order valence-electron chi connectivity index (χ3n) is 2.51. The van der Waals surface area contributed by atoms with Crippen LogP contribution in [0.15, 0.2) is 27.2 Å². The molecule has 20 heavy (non-hydrogen) atoms. The van der Waals surface area contributed by atoms with Gasteiger partial charge in [0.05, 0.1) is 0 Å². The Morgan fingerprint density at radius 3 is 3.00 bits per heavy atom. The zero-order valence-corrected chi connectivity index (χ0v) is 12.4. The Labute approximate surface area is 123 Å². The fourth-order valence-corrected chi connectivity index (χ4v) is 1.97. The predicted octanol–water partition coefficient (Wildman–Crippen LogP) is 3.06. The number of halogens is 1. The Morgan fingerprint density at radius 1 is 1.50 bits per heavy atom. The van der Waals surface area contributed by atoms with Gasteiger partial charge in [-0.3, -0.25) is 0 Å². The number of aromatic nitrogens is 2. The van der Waals surface area contributed by atoms with Gasteiger partial charge in [0.1, 0.15) is 11.3 Å². The van der Waals surface area contributed by atoms with Crippen LogP contribution in [0, 0.1) is 0 Å². The molecule has 0 amide bonds. The van der Waals surface area contributed by atoms with Crippen LogP contribution in [0.3, 0.4) is 0 Å². The van der Waals surface area contributed by atoms with Crippen molar-refractivity contribution < 1.29 is 19.2 Å². The van der Waals surface area contributed by atoms with Crippen molar-refractivity contribution in [1.29, 1.82) is 0 Å². The van der Waals surface area contributed by atoms with Gasteiger partial charge in [-0.1, -0.05) is 28.0 Å². The second-order valence-corrected chi connectivity index (χ2v) is 5.00. The van der Waals surface area contributed by atoms with Crippen LogP contribution < -0.4 is 4.74 Å². The van der Waals surface area contributed by atoms with Crippen LogP contribution in [0.4, 0.5) is 0 Å². The van der Waals surface area contributed by atoms with E-state index in [-0.39, 0.29) is 17.9 Å². The molecule has 1 N–H and O–H groups in total. The van der Waals surface area contributed by atoms with Crippen molar-refractivity contribution in [2.45, 2.75) is 26.4 Å². The van der Waals surface area contributed by atoms with Crippen molar-refractivity contribution in [2.24, 2.45) is 0 Å². The molecule has 2 rings (SSSR count). The lowest BCUT2D eigenvalue weighted by Crippen LogP contribution is -2.03. The lowest BCUT2D eigenvalue weighted by Gasteiger charge is -2.07. The smallest absolute Gasteiger partial charge is 0.339 e. The second-order valence-electron chi connectivity index (χ2n) is 4.09. The molecule has 0 atom stereocenters. The highest BCUT2D eigenvalue weighted by Gasteiger charge is 2.13. The van der Waals surface area contributed by atoms with Gasteiger partial charge in [-0.25, -0.2) is 4.79 Å². The number of hydrogen-bond acceptors (Lipinski definition) is 5. The quantitative estimate of drug-likeness (QED) is 0.869. The van der Waals surface area contributed by atoms with Crippen LogP contribution in [-0.4, -0.2) is 21.2 Å². The maximum absolute atomic E-state index is 11.1. The summed E-state index contributed by atoms with van der Waals surface area (Å²) in [4.78, 5) is 15.3. The minimum atomic E-state index is -1.06. The van der Waals surface area contributed by atoms with Crippen molar-refractivity contribution in [3.63, 3.8) is 0 Å². The third-order valence-corrected chi connectivity index (χ3v) is 3.00. The molecule has 1 aromatic heterocycles. The van der Waals surface area contributed by atoms with Gasteiger partial charge < -0.3 is 14.4 Å². The van der Waals surface area contributed by atoms with Crippen molar-refractivity contribution in [1.82, 2.24) is 10.1 Å². The number of ether oxygens (including phenoxy) is 1. The van der Waals surface area contributed by atoms with E-state index < -0.39 is 5.97 Å². The lowest BCUT2D eigenvalue weighted by atomic mass is 10.2. The van der Waals surface area contributed by atoms with E-state index in [0.717, 1.165) is 12.8 Å². The van der Waals surface area contributed by atoms with Gasteiger partial charge in [0, 0.05) is 10.9 Å². The van der Waals surface area contributed by atoms with E-state index in [1.54, 1.807) is 12.1 Å². The number of carboxylic acids is 1. The summed E-state index contributed by atoms with van der Waals surface area (Å²) in [5, 5.41) is 12.9. The molecule has 1 heterocycles. The van der Waals surface area contributed by atoms with Crippen LogP contribution in [0.1, 0.15) is 35.4 Å². The Hall–Kier alpha value is -1.89. The number of benzene rings is 1. The summed E-state index contributed by atoms with van der Waals surface area (Å²) in [5.41, 5.74) is 0.0765. The monoisotopic (exact) mass is 340 g/mol. The molecule has 0 spiro atoms. The average Bonchev–Trinajstić information content (AvgIpc) is 2.85. The molecule has 0 radical (unpaired) electrons. The Kier molecular flexibility index (Phi) is 4.73. The van der Waals surface area contributed by atoms with Crippen molar-refractivity contribution in [2.75, 3.05) is 0 Å². The summed E-state index contributed by atoms with van der Waals surface area (Å²) < 4.78 is 11.1. The molecule has 0 aliphatic carbocycles. The van der Waals surface area contributed by atoms with Crippen LogP contribution in [0.2, 0.25) is 0 Å². The summed E-state index contributed by atoms with van der Waals surface area (Å²) in [6, 6.07) is 4.77. The first-order valence-electron chi connectivity index (χ1n) is 6.07. The van der Waals surface area contributed by atoms with Crippen molar-refractivity contribution in [3.05, 3.63) is 40.0 Å². The summed E-state index contributed by atoms with van der Waals surface area (Å²) in [7, 11) is 0. The van der Waals surface area contributed by atoms with Gasteiger partial charge >= 0.3 is 5.97 Å². The molecule has 1 aromatic carbocycles. The molecule has 0 aliphatic heterocycles. The van der Waals surface area contributed by atoms with E-state index in [1.165, 1.54) is 6.07 Å². The van der Waals surface area contributed by atoms with Gasteiger partial charge in [0.15, 0.2) is 12.4 Å².